The van der Waals surface area contributed by atoms with Crippen molar-refractivity contribution in [3.63, 3.8) is 0 Å². The van der Waals surface area contributed by atoms with E-state index in [1.54, 1.807) is 21.3 Å². The van der Waals surface area contributed by atoms with E-state index in [0.29, 0.717) is 38.8 Å². The van der Waals surface area contributed by atoms with Crippen molar-refractivity contribution in [1.29, 1.82) is 0 Å². The molecule has 0 N–H and O–H groups in total. The van der Waals surface area contributed by atoms with Crippen molar-refractivity contribution >= 4 is 24.4 Å². The Hall–Kier alpha value is -0.426. The van der Waals surface area contributed by atoms with Crippen LogP contribution in [0.25, 0.3) is 0 Å². The standard InChI is InChI=1S/C7H15NO4Si.C6H16O3Si/c1-10-13(11-2,12-3)6-4-5-8-7-9;1-4-7-10(8-5-2)9-6-3/h4-6H2,1-3H3;10H,4-6H2,1-3H3. The maximum atomic E-state index is 9.76. The van der Waals surface area contributed by atoms with Crippen molar-refractivity contribution < 1.29 is 31.4 Å². The van der Waals surface area contributed by atoms with E-state index in [9.17, 15) is 4.79 Å². The van der Waals surface area contributed by atoms with E-state index in [4.69, 9.17) is 26.6 Å². The summed E-state index contributed by atoms with van der Waals surface area (Å²) in [6, 6.07) is 0.654. The van der Waals surface area contributed by atoms with Gasteiger partial charge in [-0.2, -0.15) is 0 Å². The molecule has 0 aromatic carbocycles. The van der Waals surface area contributed by atoms with Crippen LogP contribution in [0.5, 0.6) is 0 Å². The number of isocyanates is 1. The van der Waals surface area contributed by atoms with Gasteiger partial charge < -0.3 is 26.6 Å². The Morgan fingerprint density at radius 2 is 1.35 bits per heavy atom. The van der Waals surface area contributed by atoms with Crippen molar-refractivity contribution in [3.05, 3.63) is 0 Å². The molecule has 0 fully saturated rings. The maximum absolute atomic E-state index is 9.76. The largest absolute Gasteiger partial charge is 0.500 e. The minimum Gasteiger partial charge on any atom is -0.377 e. The van der Waals surface area contributed by atoms with Gasteiger partial charge in [0.2, 0.25) is 6.08 Å². The third-order valence-corrected chi connectivity index (χ3v) is 7.31. The zero-order valence-electron chi connectivity index (χ0n) is 15.1. The molecule has 138 valence electrons. The highest BCUT2D eigenvalue weighted by atomic mass is 28.4. The molecule has 0 aromatic heterocycles. The first-order chi connectivity index (χ1) is 11.1. The summed E-state index contributed by atoms with van der Waals surface area (Å²) in [4.78, 5) is 13.2. The zero-order valence-corrected chi connectivity index (χ0v) is 17.3. The summed E-state index contributed by atoms with van der Waals surface area (Å²) in [6.07, 6.45) is 2.18. The van der Waals surface area contributed by atoms with Crippen LogP contribution in [0.1, 0.15) is 27.2 Å². The average molecular weight is 370 g/mol. The van der Waals surface area contributed by atoms with E-state index in [-0.39, 0.29) is 0 Å². The second-order valence-electron chi connectivity index (χ2n) is 4.03. The fourth-order valence-corrected chi connectivity index (χ4v) is 4.34. The van der Waals surface area contributed by atoms with Crippen LogP contribution in [0.4, 0.5) is 0 Å². The fourth-order valence-electron chi connectivity index (χ4n) is 1.53. The summed E-state index contributed by atoms with van der Waals surface area (Å²) in [5.74, 6) is 0. The van der Waals surface area contributed by atoms with Gasteiger partial charge >= 0.3 is 18.3 Å². The first kappa shape index (κ1) is 24.8. The maximum Gasteiger partial charge on any atom is 0.500 e. The molecule has 0 saturated carbocycles. The third-order valence-electron chi connectivity index (χ3n) is 2.66. The van der Waals surface area contributed by atoms with Crippen molar-refractivity contribution in [2.45, 2.75) is 33.2 Å². The molecule has 0 aliphatic carbocycles. The molecule has 0 atom stereocenters. The molecule has 0 aliphatic heterocycles. The van der Waals surface area contributed by atoms with E-state index >= 15 is 0 Å². The number of aliphatic imine (C=N–C) groups is 1. The van der Waals surface area contributed by atoms with E-state index < -0.39 is 18.3 Å². The lowest BCUT2D eigenvalue weighted by atomic mass is 10.5. The van der Waals surface area contributed by atoms with Crippen LogP contribution in [-0.4, -0.2) is 72.1 Å². The van der Waals surface area contributed by atoms with Crippen molar-refractivity contribution in [2.24, 2.45) is 4.99 Å². The molecule has 0 saturated heterocycles. The molecule has 0 spiro atoms. The lowest BCUT2D eigenvalue weighted by molar-refractivity contribution is 0.107. The highest BCUT2D eigenvalue weighted by Gasteiger charge is 2.36. The Kier molecular flexibility index (Phi) is 19.3. The van der Waals surface area contributed by atoms with Gasteiger partial charge in [0.05, 0.1) is 6.54 Å². The van der Waals surface area contributed by atoms with Crippen LogP contribution in [0.3, 0.4) is 0 Å². The number of rotatable bonds is 13. The SMILES string of the molecule is CCO[SiH](OCC)OCC.CO[Si](CCCN=C=O)(OC)OC. The smallest absolute Gasteiger partial charge is 0.377 e. The zero-order chi connectivity index (χ0) is 18.0. The quantitative estimate of drug-likeness (QED) is 0.210. The number of hydrogen-bond donors (Lipinski definition) is 0. The van der Waals surface area contributed by atoms with Gasteiger partial charge in [-0.25, -0.2) is 9.79 Å². The molecule has 0 heterocycles. The van der Waals surface area contributed by atoms with Gasteiger partial charge in [0.1, 0.15) is 0 Å². The Balaban J connectivity index is 0. The van der Waals surface area contributed by atoms with Gasteiger partial charge in [0, 0.05) is 47.2 Å². The monoisotopic (exact) mass is 369 g/mol. The molecule has 10 heteroatoms. The van der Waals surface area contributed by atoms with Crippen LogP contribution >= 0.6 is 0 Å². The predicted molar refractivity (Wildman–Crippen MR) is 91.2 cm³/mol. The van der Waals surface area contributed by atoms with Crippen LogP contribution in [0.2, 0.25) is 6.04 Å². The molecular weight excluding hydrogens is 338 g/mol. The topological polar surface area (TPSA) is 84.8 Å². The van der Waals surface area contributed by atoms with Gasteiger partial charge in [-0.3, -0.25) is 0 Å². The Morgan fingerprint density at radius 3 is 1.65 bits per heavy atom. The highest BCUT2D eigenvalue weighted by Crippen LogP contribution is 2.14. The van der Waals surface area contributed by atoms with E-state index in [0.717, 1.165) is 0 Å². The lowest BCUT2D eigenvalue weighted by Crippen LogP contribution is -2.42. The van der Waals surface area contributed by atoms with E-state index in [2.05, 4.69) is 4.99 Å². The molecular formula is C13H31NO7Si2. The van der Waals surface area contributed by atoms with Gasteiger partial charge in [0.25, 0.3) is 0 Å². The number of hydrogen-bond acceptors (Lipinski definition) is 8. The second kappa shape index (κ2) is 17.9. The van der Waals surface area contributed by atoms with Gasteiger partial charge in [-0.1, -0.05) is 0 Å². The first-order valence-corrected chi connectivity index (χ1v) is 11.0. The molecule has 8 nitrogen and oxygen atoms in total. The van der Waals surface area contributed by atoms with Crippen LogP contribution in [0.15, 0.2) is 4.99 Å². The number of carbonyl (C=O) groups excluding carboxylic acids is 1. The molecule has 0 bridgehead atoms. The van der Waals surface area contributed by atoms with Crippen LogP contribution < -0.4 is 0 Å². The van der Waals surface area contributed by atoms with Gasteiger partial charge in [-0.05, 0) is 27.2 Å². The molecule has 0 amide bonds. The second-order valence-corrected chi connectivity index (χ2v) is 8.69. The lowest BCUT2D eigenvalue weighted by Gasteiger charge is -2.23. The highest BCUT2D eigenvalue weighted by molar-refractivity contribution is 6.60. The van der Waals surface area contributed by atoms with Crippen molar-refractivity contribution in [3.8, 4) is 0 Å². The van der Waals surface area contributed by atoms with Gasteiger partial charge in [0.15, 0.2) is 0 Å². The molecule has 0 rings (SSSR count). The molecule has 0 aromatic rings. The third kappa shape index (κ3) is 13.7. The summed E-state index contributed by atoms with van der Waals surface area (Å²) < 4.78 is 31.2. The summed E-state index contributed by atoms with van der Waals surface area (Å²) in [7, 11) is 0.482. The summed E-state index contributed by atoms with van der Waals surface area (Å²) in [6.45, 7) is 8.30. The van der Waals surface area contributed by atoms with E-state index in [1.165, 1.54) is 6.08 Å². The van der Waals surface area contributed by atoms with Gasteiger partial charge in [-0.15, -0.1) is 0 Å². The molecule has 0 radical (unpaired) electrons. The number of nitrogens with zero attached hydrogens (tertiary/aromatic N) is 1. The van der Waals surface area contributed by atoms with E-state index in [1.807, 2.05) is 20.8 Å². The Morgan fingerprint density at radius 1 is 0.913 bits per heavy atom. The van der Waals surface area contributed by atoms with Crippen molar-refractivity contribution in [2.75, 3.05) is 47.7 Å². The summed E-state index contributed by atoms with van der Waals surface area (Å²) in [5, 5.41) is 0. The average Bonchev–Trinajstić information content (AvgIpc) is 2.57. The summed E-state index contributed by atoms with van der Waals surface area (Å²) in [5.41, 5.74) is 0. The normalized spacial score (nSPS) is 10.9. The molecule has 0 unspecified atom stereocenters. The Bertz CT molecular complexity index is 278. The Labute approximate surface area is 142 Å². The first-order valence-electron chi connectivity index (χ1n) is 7.63. The summed E-state index contributed by atoms with van der Waals surface area (Å²) >= 11 is 0. The van der Waals surface area contributed by atoms with Crippen molar-refractivity contribution in [1.82, 2.24) is 0 Å². The van der Waals surface area contributed by atoms with Crippen LogP contribution in [-0.2, 0) is 31.4 Å². The predicted octanol–water partition coefficient (Wildman–Crippen LogP) is 1.40. The molecule has 0 aliphatic rings. The molecule has 23 heavy (non-hydrogen) atoms. The minimum absolute atomic E-state index is 0.439. The minimum atomic E-state index is -2.46. The fraction of sp³-hybridized carbons (Fsp3) is 0.923. The van der Waals surface area contributed by atoms with Crippen LogP contribution in [0, 0.1) is 0 Å².